The normalized spacial score (nSPS) is 21.3. The van der Waals surface area contributed by atoms with Crippen LogP contribution in [0.1, 0.15) is 65.5 Å². The zero-order chi connectivity index (χ0) is 19.0. The summed E-state index contributed by atoms with van der Waals surface area (Å²) in [5.74, 6) is 0.477. The van der Waals surface area contributed by atoms with Gasteiger partial charge in [0.05, 0.1) is 6.04 Å². The van der Waals surface area contributed by atoms with Gasteiger partial charge in [-0.2, -0.15) is 0 Å². The Morgan fingerprint density at radius 3 is 2.74 bits per heavy atom. The summed E-state index contributed by atoms with van der Waals surface area (Å²) in [6.45, 7) is 3.10. The van der Waals surface area contributed by atoms with E-state index >= 15 is 0 Å². The summed E-state index contributed by atoms with van der Waals surface area (Å²) in [5.41, 5.74) is 4.44. The molecule has 0 unspecified atom stereocenters. The topological polar surface area (TPSA) is 54.3 Å². The number of likely N-dealkylation sites (tertiary alicyclic amines) is 1. The number of carbonyl (C=O) groups excluding carboxylic acids is 2. The van der Waals surface area contributed by atoms with Crippen LogP contribution < -0.4 is 5.32 Å². The maximum Gasteiger partial charge on any atom is 0.267 e. The molecule has 5 nitrogen and oxygen atoms in total. The molecule has 0 spiro atoms. The minimum absolute atomic E-state index is 0.0432. The van der Waals surface area contributed by atoms with Crippen molar-refractivity contribution in [1.29, 1.82) is 0 Å². The predicted octanol–water partition coefficient (Wildman–Crippen LogP) is 3.17. The van der Waals surface area contributed by atoms with E-state index in [1.54, 1.807) is 6.92 Å². The van der Waals surface area contributed by atoms with Gasteiger partial charge in [-0.3, -0.25) is 9.59 Å². The zero-order valence-corrected chi connectivity index (χ0v) is 16.1. The van der Waals surface area contributed by atoms with Gasteiger partial charge in [-0.15, -0.1) is 0 Å². The Labute approximate surface area is 160 Å². The predicted molar refractivity (Wildman–Crippen MR) is 105 cm³/mol. The van der Waals surface area contributed by atoms with Crippen LogP contribution in [-0.2, 0) is 18.3 Å². The maximum absolute atomic E-state index is 12.7. The third kappa shape index (κ3) is 3.27. The summed E-state index contributed by atoms with van der Waals surface area (Å²) in [6, 6.07) is 12.4. The lowest BCUT2D eigenvalue weighted by Crippen LogP contribution is -2.38. The van der Waals surface area contributed by atoms with Gasteiger partial charge < -0.3 is 14.8 Å². The first-order valence-electron chi connectivity index (χ1n) is 9.85. The monoisotopic (exact) mass is 365 g/mol. The van der Waals surface area contributed by atoms with E-state index in [1.165, 1.54) is 11.1 Å². The van der Waals surface area contributed by atoms with Gasteiger partial charge in [0.2, 0.25) is 5.91 Å². The summed E-state index contributed by atoms with van der Waals surface area (Å²) in [5, 5.41) is 3.09. The molecule has 2 aliphatic rings. The fraction of sp³-hybridized carbons (Fsp3) is 0.455. The second-order valence-corrected chi connectivity index (χ2v) is 7.74. The molecule has 2 amide bonds. The summed E-state index contributed by atoms with van der Waals surface area (Å²) in [6.07, 6.45) is 4.15. The van der Waals surface area contributed by atoms with Crippen LogP contribution in [0.2, 0.25) is 0 Å². The van der Waals surface area contributed by atoms with E-state index in [9.17, 15) is 9.59 Å². The number of benzene rings is 1. The molecule has 4 rings (SSSR count). The molecular weight excluding hydrogens is 338 g/mol. The standard InChI is InChI=1S/C22H27N3O2/c1-15(26)25-12-6-5-9-20(25)19-10-11-21(24(19)2)22(27)23-14-17-13-16-7-3-4-8-18(16)17/h3-4,7-8,10-11,17,20H,5-6,9,12-14H2,1-2H3,(H,23,27)/t17-,20-/m1/s1. The minimum Gasteiger partial charge on any atom is -0.350 e. The summed E-state index contributed by atoms with van der Waals surface area (Å²) >= 11 is 0. The molecule has 5 heteroatoms. The molecule has 1 aromatic heterocycles. The summed E-state index contributed by atoms with van der Waals surface area (Å²) in [4.78, 5) is 26.6. The molecule has 1 aromatic carbocycles. The molecule has 2 heterocycles. The SMILES string of the molecule is CC(=O)N1CCCC[C@@H]1c1ccc(C(=O)NC[C@H]2Cc3ccccc32)n1C. The molecule has 1 N–H and O–H groups in total. The number of piperidine rings is 1. The van der Waals surface area contributed by atoms with Gasteiger partial charge in [-0.25, -0.2) is 0 Å². The molecule has 1 fully saturated rings. The molecule has 0 bridgehead atoms. The van der Waals surface area contributed by atoms with Crippen LogP contribution >= 0.6 is 0 Å². The number of carbonyl (C=O) groups is 2. The van der Waals surface area contributed by atoms with Gasteiger partial charge in [-0.05, 0) is 48.9 Å². The van der Waals surface area contributed by atoms with Crippen molar-refractivity contribution in [3.05, 3.63) is 58.9 Å². The van der Waals surface area contributed by atoms with Gasteiger partial charge in [0.15, 0.2) is 0 Å². The highest BCUT2D eigenvalue weighted by molar-refractivity contribution is 5.93. The van der Waals surface area contributed by atoms with Gasteiger partial charge in [-0.1, -0.05) is 24.3 Å². The fourth-order valence-electron chi connectivity index (χ4n) is 4.56. The van der Waals surface area contributed by atoms with Gasteiger partial charge >= 0.3 is 0 Å². The molecule has 2 atom stereocenters. The van der Waals surface area contributed by atoms with Crippen molar-refractivity contribution < 1.29 is 9.59 Å². The molecule has 2 aromatic rings. The van der Waals surface area contributed by atoms with Gasteiger partial charge in [0.25, 0.3) is 5.91 Å². The number of nitrogens with zero attached hydrogens (tertiary/aromatic N) is 2. The molecule has 0 radical (unpaired) electrons. The number of amides is 2. The van der Waals surface area contributed by atoms with Crippen molar-refractivity contribution in [2.45, 2.75) is 44.6 Å². The second-order valence-electron chi connectivity index (χ2n) is 7.74. The van der Waals surface area contributed by atoms with Crippen molar-refractivity contribution in [1.82, 2.24) is 14.8 Å². The van der Waals surface area contributed by atoms with Crippen LogP contribution in [0.3, 0.4) is 0 Å². The van der Waals surface area contributed by atoms with E-state index in [4.69, 9.17) is 0 Å². The number of hydrogen-bond acceptors (Lipinski definition) is 2. The average molecular weight is 365 g/mol. The Balaban J connectivity index is 1.44. The van der Waals surface area contributed by atoms with Gasteiger partial charge in [0, 0.05) is 38.7 Å². The minimum atomic E-state index is -0.0432. The third-order valence-corrected chi connectivity index (χ3v) is 6.11. The summed E-state index contributed by atoms with van der Waals surface area (Å²) < 4.78 is 1.95. The van der Waals surface area contributed by atoms with E-state index in [1.807, 2.05) is 28.6 Å². The smallest absolute Gasteiger partial charge is 0.267 e. The Morgan fingerprint density at radius 1 is 1.15 bits per heavy atom. The van der Waals surface area contributed by atoms with E-state index in [0.717, 1.165) is 37.9 Å². The Morgan fingerprint density at radius 2 is 1.96 bits per heavy atom. The summed E-state index contributed by atoms with van der Waals surface area (Å²) in [7, 11) is 1.93. The third-order valence-electron chi connectivity index (χ3n) is 6.11. The van der Waals surface area contributed by atoms with Crippen molar-refractivity contribution in [2.24, 2.45) is 7.05 Å². The van der Waals surface area contributed by atoms with Gasteiger partial charge in [0.1, 0.15) is 5.69 Å². The van der Waals surface area contributed by atoms with Crippen LogP contribution in [0.25, 0.3) is 0 Å². The molecule has 142 valence electrons. The van der Waals surface area contributed by atoms with Crippen LogP contribution in [0, 0.1) is 0 Å². The molecule has 27 heavy (non-hydrogen) atoms. The van der Waals surface area contributed by atoms with Crippen LogP contribution in [0.15, 0.2) is 36.4 Å². The number of hydrogen-bond donors (Lipinski definition) is 1. The highest BCUT2D eigenvalue weighted by Crippen LogP contribution is 2.34. The number of nitrogens with one attached hydrogen (secondary N) is 1. The van der Waals surface area contributed by atoms with Crippen molar-refractivity contribution in [3.63, 3.8) is 0 Å². The first-order chi connectivity index (χ1) is 13.1. The van der Waals surface area contributed by atoms with Crippen molar-refractivity contribution >= 4 is 11.8 Å². The first kappa shape index (κ1) is 17.8. The zero-order valence-electron chi connectivity index (χ0n) is 16.1. The largest absolute Gasteiger partial charge is 0.350 e. The molecule has 0 saturated carbocycles. The lowest BCUT2D eigenvalue weighted by Gasteiger charge is -2.35. The molecule has 1 saturated heterocycles. The van der Waals surface area contributed by atoms with Crippen LogP contribution in [0.4, 0.5) is 0 Å². The fourth-order valence-corrected chi connectivity index (χ4v) is 4.56. The van der Waals surface area contributed by atoms with Crippen molar-refractivity contribution in [3.8, 4) is 0 Å². The van der Waals surface area contributed by atoms with Crippen molar-refractivity contribution in [2.75, 3.05) is 13.1 Å². The van der Waals surface area contributed by atoms with E-state index < -0.39 is 0 Å². The maximum atomic E-state index is 12.7. The lowest BCUT2D eigenvalue weighted by molar-refractivity contribution is -0.132. The number of fused-ring (bicyclic) bond motifs is 1. The average Bonchev–Trinajstić information content (AvgIpc) is 3.03. The van der Waals surface area contributed by atoms with E-state index in [-0.39, 0.29) is 17.9 Å². The van der Waals surface area contributed by atoms with Crippen LogP contribution in [0.5, 0.6) is 0 Å². The Kier molecular flexibility index (Phi) is 4.77. The van der Waals surface area contributed by atoms with E-state index in [0.29, 0.717) is 18.2 Å². The highest BCUT2D eigenvalue weighted by atomic mass is 16.2. The highest BCUT2D eigenvalue weighted by Gasteiger charge is 2.29. The Bertz CT molecular complexity index is 870. The number of aromatic nitrogens is 1. The molecule has 1 aliphatic heterocycles. The number of rotatable bonds is 4. The Hall–Kier alpha value is -2.56. The lowest BCUT2D eigenvalue weighted by atomic mass is 9.77. The first-order valence-corrected chi connectivity index (χ1v) is 9.85. The molecule has 1 aliphatic carbocycles. The second kappa shape index (κ2) is 7.22. The molecular formula is C22H27N3O2. The quantitative estimate of drug-likeness (QED) is 0.905. The van der Waals surface area contributed by atoms with E-state index in [2.05, 4.69) is 29.6 Å². The van der Waals surface area contributed by atoms with Crippen LogP contribution in [-0.4, -0.2) is 34.4 Å².